The molecule has 0 radical (unpaired) electrons. The first-order chi connectivity index (χ1) is 23.7. The van der Waals surface area contributed by atoms with Gasteiger partial charge in [0.05, 0.1) is 99.1 Å². The molecule has 0 saturated heterocycles. The Hall–Kier alpha value is -2.89. The average molecular weight is 703 g/mol. The Balaban J connectivity index is 2.05. The number of amides is 2. The Bertz CT molecular complexity index is 963. The van der Waals surface area contributed by atoms with E-state index in [0.717, 1.165) is 5.56 Å². The van der Waals surface area contributed by atoms with Gasteiger partial charge in [-0.15, -0.1) is 0 Å². The summed E-state index contributed by atoms with van der Waals surface area (Å²) in [7, 11) is 1.63. The first-order valence-electron chi connectivity index (χ1n) is 16.7. The normalized spacial score (nSPS) is 12.0. The van der Waals surface area contributed by atoms with E-state index in [4.69, 9.17) is 47.4 Å². The molecular formula is C34H58N2O13. The summed E-state index contributed by atoms with van der Waals surface area (Å²) in [5.74, 6) is -0.943. The van der Waals surface area contributed by atoms with E-state index in [1.54, 1.807) is 27.9 Å². The van der Waals surface area contributed by atoms with Crippen LogP contribution < -0.4 is 10.6 Å². The van der Waals surface area contributed by atoms with E-state index in [9.17, 15) is 14.4 Å². The molecule has 15 nitrogen and oxygen atoms in total. The van der Waals surface area contributed by atoms with E-state index in [1.165, 1.54) is 0 Å². The highest BCUT2D eigenvalue weighted by atomic mass is 16.6. The monoisotopic (exact) mass is 702 g/mol. The first kappa shape index (κ1) is 44.1. The highest BCUT2D eigenvalue weighted by molar-refractivity contribution is 5.86. The Labute approximate surface area is 290 Å². The van der Waals surface area contributed by atoms with Crippen molar-refractivity contribution in [3.05, 3.63) is 35.9 Å². The standard InChI is InChI=1S/C34H58N2O13/c1-34(2,3)49-33(39)36-30(10-11-31(37)48-28-29-8-6-5-7-9-29)32(38)35-12-13-41-16-17-43-20-21-45-24-25-47-27-26-46-23-22-44-19-18-42-15-14-40-4/h5-9,30H,10-28H2,1-4H3,(H,35,38)(H,36,39). The molecule has 1 aromatic carbocycles. The minimum atomic E-state index is -0.992. The first-order valence-corrected chi connectivity index (χ1v) is 16.7. The maximum Gasteiger partial charge on any atom is 0.408 e. The quantitative estimate of drug-likeness (QED) is 0.0855. The van der Waals surface area contributed by atoms with E-state index < -0.39 is 29.6 Å². The summed E-state index contributed by atoms with van der Waals surface area (Å²) in [6.45, 7) is 12.3. The summed E-state index contributed by atoms with van der Waals surface area (Å²) in [6.07, 6.45) is -0.779. The molecule has 1 unspecified atom stereocenters. The third-order valence-electron chi connectivity index (χ3n) is 6.10. The van der Waals surface area contributed by atoms with Crippen LogP contribution in [0.2, 0.25) is 0 Å². The third kappa shape index (κ3) is 28.6. The van der Waals surface area contributed by atoms with E-state index in [1.807, 2.05) is 30.3 Å². The van der Waals surface area contributed by atoms with Crippen molar-refractivity contribution in [2.45, 2.75) is 51.9 Å². The molecule has 15 heteroatoms. The van der Waals surface area contributed by atoms with Gasteiger partial charge in [0.1, 0.15) is 18.2 Å². The molecule has 0 aliphatic heterocycles. The number of methoxy groups -OCH3 is 1. The van der Waals surface area contributed by atoms with Gasteiger partial charge >= 0.3 is 12.1 Å². The van der Waals surface area contributed by atoms with Crippen molar-refractivity contribution in [3.63, 3.8) is 0 Å². The fourth-order valence-corrected chi connectivity index (χ4v) is 3.72. The second-order valence-corrected chi connectivity index (χ2v) is 11.5. The van der Waals surface area contributed by atoms with Crippen molar-refractivity contribution in [3.8, 4) is 0 Å². The molecule has 2 N–H and O–H groups in total. The zero-order valence-corrected chi connectivity index (χ0v) is 29.7. The van der Waals surface area contributed by atoms with Crippen molar-refractivity contribution in [1.82, 2.24) is 10.6 Å². The van der Waals surface area contributed by atoms with Crippen LogP contribution in [0.4, 0.5) is 4.79 Å². The van der Waals surface area contributed by atoms with Crippen molar-refractivity contribution < 1.29 is 61.8 Å². The molecule has 1 rings (SSSR count). The fourth-order valence-electron chi connectivity index (χ4n) is 3.72. The Morgan fingerprint density at radius 2 is 1.10 bits per heavy atom. The molecule has 0 heterocycles. The van der Waals surface area contributed by atoms with Gasteiger partial charge in [-0.2, -0.15) is 0 Å². The summed E-state index contributed by atoms with van der Waals surface area (Å²) >= 11 is 0. The largest absolute Gasteiger partial charge is 0.461 e. The molecule has 0 fully saturated rings. The highest BCUT2D eigenvalue weighted by Gasteiger charge is 2.25. The number of nitrogens with one attached hydrogen (secondary N) is 2. The lowest BCUT2D eigenvalue weighted by atomic mass is 10.1. The van der Waals surface area contributed by atoms with Gasteiger partial charge in [-0.05, 0) is 32.8 Å². The van der Waals surface area contributed by atoms with Gasteiger partial charge in [-0.1, -0.05) is 30.3 Å². The van der Waals surface area contributed by atoms with Gasteiger partial charge < -0.3 is 58.0 Å². The minimum absolute atomic E-state index is 0.0411. The lowest BCUT2D eigenvalue weighted by molar-refractivity contribution is -0.145. The van der Waals surface area contributed by atoms with Crippen LogP contribution in [0.1, 0.15) is 39.2 Å². The predicted octanol–water partition coefficient (Wildman–Crippen LogP) is 2.28. The van der Waals surface area contributed by atoms with Crippen LogP contribution in [0.5, 0.6) is 0 Å². The molecule has 0 aromatic heterocycles. The molecule has 0 bridgehead atoms. The lowest BCUT2D eigenvalue weighted by Gasteiger charge is -2.23. The van der Waals surface area contributed by atoms with E-state index in [0.29, 0.717) is 92.5 Å². The van der Waals surface area contributed by atoms with E-state index >= 15 is 0 Å². The summed E-state index contributed by atoms with van der Waals surface area (Å²) in [6, 6.07) is 8.27. The Kier molecular flexibility index (Phi) is 27.0. The highest BCUT2D eigenvalue weighted by Crippen LogP contribution is 2.09. The molecule has 0 saturated carbocycles. The second kappa shape index (κ2) is 30.0. The van der Waals surface area contributed by atoms with Gasteiger partial charge in [0.15, 0.2) is 0 Å². The number of benzene rings is 1. The number of hydrogen-bond donors (Lipinski definition) is 2. The predicted molar refractivity (Wildman–Crippen MR) is 179 cm³/mol. The average Bonchev–Trinajstić information content (AvgIpc) is 3.07. The molecule has 0 spiro atoms. The van der Waals surface area contributed by atoms with Crippen LogP contribution in [0.3, 0.4) is 0 Å². The number of carbonyl (C=O) groups is 3. The summed E-state index contributed by atoms with van der Waals surface area (Å²) in [5.41, 5.74) is 0.106. The molecule has 1 aromatic rings. The van der Waals surface area contributed by atoms with Gasteiger partial charge in [0.2, 0.25) is 5.91 Å². The van der Waals surface area contributed by atoms with E-state index in [-0.39, 0.29) is 32.6 Å². The summed E-state index contributed by atoms with van der Waals surface area (Å²) in [5, 5.41) is 5.26. The number of hydrogen-bond acceptors (Lipinski definition) is 13. The lowest BCUT2D eigenvalue weighted by Crippen LogP contribution is -2.49. The van der Waals surface area contributed by atoms with Crippen molar-refractivity contribution in [1.29, 1.82) is 0 Å². The number of carbonyl (C=O) groups excluding carboxylic acids is 3. The minimum Gasteiger partial charge on any atom is -0.461 e. The molecule has 2 amide bonds. The molecule has 0 aliphatic rings. The second-order valence-electron chi connectivity index (χ2n) is 11.5. The summed E-state index contributed by atoms with van der Waals surface area (Å²) in [4.78, 5) is 37.4. The van der Waals surface area contributed by atoms with Crippen LogP contribution in [-0.4, -0.2) is 142 Å². The van der Waals surface area contributed by atoms with Crippen molar-refractivity contribution >= 4 is 18.0 Å². The maximum absolute atomic E-state index is 12.8. The number of ether oxygens (including phenoxy) is 10. The third-order valence-corrected chi connectivity index (χ3v) is 6.10. The maximum atomic E-state index is 12.8. The van der Waals surface area contributed by atoms with Crippen LogP contribution in [0.25, 0.3) is 0 Å². The van der Waals surface area contributed by atoms with Gasteiger partial charge in [0, 0.05) is 20.1 Å². The SMILES string of the molecule is COCCOCCOCCOCCOCCOCCOCCOCCNC(=O)C(CCC(=O)OCc1ccccc1)NC(=O)OC(C)(C)C. The molecule has 49 heavy (non-hydrogen) atoms. The van der Waals surface area contributed by atoms with Crippen LogP contribution in [0.15, 0.2) is 30.3 Å². The smallest absolute Gasteiger partial charge is 0.408 e. The number of esters is 1. The zero-order chi connectivity index (χ0) is 35.8. The molecule has 0 aliphatic carbocycles. The van der Waals surface area contributed by atoms with Crippen LogP contribution in [-0.2, 0) is 63.6 Å². The van der Waals surface area contributed by atoms with Crippen molar-refractivity contribution in [2.75, 3.05) is 113 Å². The summed E-state index contributed by atoms with van der Waals surface area (Å²) < 4.78 is 53.5. The zero-order valence-electron chi connectivity index (χ0n) is 29.7. The van der Waals surface area contributed by atoms with Gasteiger partial charge in [-0.3, -0.25) is 9.59 Å². The number of alkyl carbamates (subject to hydrolysis) is 1. The fraction of sp³-hybridized carbons (Fsp3) is 0.735. The van der Waals surface area contributed by atoms with Crippen LogP contribution >= 0.6 is 0 Å². The van der Waals surface area contributed by atoms with Gasteiger partial charge in [-0.25, -0.2) is 4.79 Å². The van der Waals surface area contributed by atoms with Gasteiger partial charge in [0.25, 0.3) is 0 Å². The topological polar surface area (TPSA) is 168 Å². The molecular weight excluding hydrogens is 644 g/mol. The van der Waals surface area contributed by atoms with Crippen LogP contribution in [0, 0.1) is 0 Å². The van der Waals surface area contributed by atoms with Crippen molar-refractivity contribution in [2.24, 2.45) is 0 Å². The molecule has 282 valence electrons. The van der Waals surface area contributed by atoms with E-state index in [2.05, 4.69) is 10.6 Å². The number of rotatable bonds is 31. The Morgan fingerprint density at radius 1 is 0.653 bits per heavy atom. The molecule has 1 atom stereocenters. The Morgan fingerprint density at radius 3 is 1.55 bits per heavy atom.